The molecule has 15 heavy (non-hydrogen) atoms. The Kier molecular flexibility index (Phi) is 2.87. The second kappa shape index (κ2) is 4.31. The van der Waals surface area contributed by atoms with Gasteiger partial charge in [-0.1, -0.05) is 30.3 Å². The summed E-state index contributed by atoms with van der Waals surface area (Å²) < 4.78 is 5.22. The predicted octanol–water partition coefficient (Wildman–Crippen LogP) is 1.44. The second-order valence-electron chi connectivity index (χ2n) is 3.58. The largest absolute Gasteiger partial charge is 0.465 e. The number of epoxide rings is 1. The van der Waals surface area contributed by atoms with E-state index in [1.54, 1.807) is 0 Å². The van der Waals surface area contributed by atoms with Crippen molar-refractivity contribution < 1.29 is 14.6 Å². The molecule has 4 nitrogen and oxygen atoms in total. The van der Waals surface area contributed by atoms with E-state index in [4.69, 9.17) is 9.84 Å². The molecule has 1 aliphatic rings. The van der Waals surface area contributed by atoms with E-state index in [-0.39, 0.29) is 12.0 Å². The summed E-state index contributed by atoms with van der Waals surface area (Å²) in [4.78, 5) is 10.4. The number of nitrogens with one attached hydrogen (secondary N) is 1. The Morgan fingerprint density at radius 3 is 2.73 bits per heavy atom. The molecule has 1 fully saturated rings. The topological polar surface area (TPSA) is 61.9 Å². The molecule has 0 saturated carbocycles. The van der Waals surface area contributed by atoms with Crippen LogP contribution in [0.2, 0.25) is 0 Å². The summed E-state index contributed by atoms with van der Waals surface area (Å²) in [6.07, 6.45) is -0.823. The van der Waals surface area contributed by atoms with E-state index in [2.05, 4.69) is 5.32 Å². The van der Waals surface area contributed by atoms with Gasteiger partial charge in [-0.3, -0.25) is 0 Å². The van der Waals surface area contributed by atoms with Crippen LogP contribution in [0.3, 0.4) is 0 Å². The highest BCUT2D eigenvalue weighted by atomic mass is 16.6. The van der Waals surface area contributed by atoms with Crippen LogP contribution in [-0.4, -0.2) is 30.5 Å². The van der Waals surface area contributed by atoms with Crippen LogP contribution in [0.5, 0.6) is 0 Å². The van der Waals surface area contributed by atoms with Gasteiger partial charge in [0.05, 0.1) is 12.7 Å². The average molecular weight is 207 g/mol. The van der Waals surface area contributed by atoms with Gasteiger partial charge in [-0.05, 0) is 5.56 Å². The van der Waals surface area contributed by atoms with Gasteiger partial charge >= 0.3 is 6.09 Å². The van der Waals surface area contributed by atoms with Gasteiger partial charge in [-0.25, -0.2) is 4.79 Å². The summed E-state index contributed by atoms with van der Waals surface area (Å²) >= 11 is 0. The Morgan fingerprint density at radius 1 is 1.53 bits per heavy atom. The third-order valence-corrected chi connectivity index (χ3v) is 2.51. The first-order valence-corrected chi connectivity index (χ1v) is 4.90. The van der Waals surface area contributed by atoms with Gasteiger partial charge < -0.3 is 15.2 Å². The fourth-order valence-corrected chi connectivity index (χ4v) is 1.65. The van der Waals surface area contributed by atoms with Gasteiger partial charge in [0.2, 0.25) is 0 Å². The van der Waals surface area contributed by atoms with Gasteiger partial charge in [0.1, 0.15) is 0 Å². The van der Waals surface area contributed by atoms with Crippen LogP contribution < -0.4 is 5.32 Å². The molecule has 1 aromatic rings. The fourth-order valence-electron chi connectivity index (χ4n) is 1.65. The van der Waals surface area contributed by atoms with Crippen LogP contribution in [0.15, 0.2) is 30.3 Å². The second-order valence-corrected chi connectivity index (χ2v) is 3.58. The monoisotopic (exact) mass is 207 g/mol. The molecular weight excluding hydrogens is 194 g/mol. The van der Waals surface area contributed by atoms with E-state index in [9.17, 15) is 4.79 Å². The molecule has 0 bridgehead atoms. The van der Waals surface area contributed by atoms with Crippen LogP contribution in [0, 0.1) is 0 Å². The molecule has 4 heteroatoms. The van der Waals surface area contributed by atoms with Gasteiger partial charge in [-0.15, -0.1) is 0 Å². The van der Waals surface area contributed by atoms with Crippen LogP contribution in [0.4, 0.5) is 4.79 Å². The minimum atomic E-state index is -0.989. The lowest BCUT2D eigenvalue weighted by atomic mass is 9.96. The van der Waals surface area contributed by atoms with Gasteiger partial charge in [-0.2, -0.15) is 0 Å². The number of amides is 1. The van der Waals surface area contributed by atoms with Crippen LogP contribution in [0.1, 0.15) is 11.5 Å². The molecule has 1 aliphatic heterocycles. The van der Waals surface area contributed by atoms with Crippen molar-refractivity contribution in [3.63, 3.8) is 0 Å². The Hall–Kier alpha value is -1.55. The van der Waals surface area contributed by atoms with Crippen LogP contribution in [-0.2, 0) is 4.74 Å². The average Bonchev–Trinajstić information content (AvgIpc) is 3.03. The zero-order chi connectivity index (χ0) is 10.7. The Morgan fingerprint density at radius 2 is 2.20 bits per heavy atom. The smallest absolute Gasteiger partial charge is 0.404 e. The molecule has 1 amide bonds. The molecule has 2 unspecified atom stereocenters. The van der Waals surface area contributed by atoms with Crippen molar-refractivity contribution in [2.24, 2.45) is 0 Å². The van der Waals surface area contributed by atoms with Gasteiger partial charge in [0.15, 0.2) is 0 Å². The SMILES string of the molecule is O=C(O)NCC(c1ccccc1)C1CO1. The molecule has 80 valence electrons. The molecule has 0 aliphatic carbocycles. The Labute approximate surface area is 87.9 Å². The zero-order valence-corrected chi connectivity index (χ0v) is 8.22. The zero-order valence-electron chi connectivity index (χ0n) is 8.22. The van der Waals surface area contributed by atoms with Crippen molar-refractivity contribution in [1.82, 2.24) is 5.32 Å². The molecule has 1 heterocycles. The number of hydrogen-bond acceptors (Lipinski definition) is 2. The van der Waals surface area contributed by atoms with Gasteiger partial charge in [0, 0.05) is 12.5 Å². The molecule has 0 spiro atoms. The van der Waals surface area contributed by atoms with Crippen LogP contribution >= 0.6 is 0 Å². The predicted molar refractivity (Wildman–Crippen MR) is 55.0 cm³/mol. The normalized spacial score (nSPS) is 20.7. The number of rotatable bonds is 4. The van der Waals surface area contributed by atoms with Crippen molar-refractivity contribution in [3.05, 3.63) is 35.9 Å². The molecular formula is C11H13NO3. The van der Waals surface area contributed by atoms with Crippen molar-refractivity contribution in [2.45, 2.75) is 12.0 Å². The lowest BCUT2D eigenvalue weighted by Gasteiger charge is -2.14. The van der Waals surface area contributed by atoms with Crippen molar-refractivity contribution >= 4 is 6.09 Å². The van der Waals surface area contributed by atoms with E-state index < -0.39 is 6.09 Å². The molecule has 0 radical (unpaired) electrons. The first-order valence-electron chi connectivity index (χ1n) is 4.90. The van der Waals surface area contributed by atoms with Crippen molar-refractivity contribution in [2.75, 3.05) is 13.2 Å². The lowest BCUT2D eigenvalue weighted by molar-refractivity contribution is 0.193. The standard InChI is InChI=1S/C11H13NO3/c13-11(14)12-6-9(10-7-15-10)8-4-2-1-3-5-8/h1-5,9-10,12H,6-7H2,(H,13,14). The third kappa shape index (κ3) is 2.70. The highest BCUT2D eigenvalue weighted by Gasteiger charge is 2.33. The summed E-state index contributed by atoms with van der Waals surface area (Å²) in [5.74, 6) is 0.127. The highest BCUT2D eigenvalue weighted by Crippen LogP contribution is 2.29. The number of ether oxygens (including phenoxy) is 1. The summed E-state index contributed by atoms with van der Waals surface area (Å²) in [6.45, 7) is 1.13. The number of benzene rings is 1. The lowest BCUT2D eigenvalue weighted by Crippen LogP contribution is -2.29. The first-order chi connectivity index (χ1) is 7.27. The Balaban J connectivity index is 2.03. The molecule has 0 aromatic heterocycles. The molecule has 2 atom stereocenters. The van der Waals surface area contributed by atoms with Crippen LogP contribution in [0.25, 0.3) is 0 Å². The highest BCUT2D eigenvalue weighted by molar-refractivity contribution is 5.64. The Bertz CT molecular complexity index is 335. The van der Waals surface area contributed by atoms with E-state index in [1.165, 1.54) is 0 Å². The van der Waals surface area contributed by atoms with Crippen molar-refractivity contribution in [1.29, 1.82) is 0 Å². The fraction of sp³-hybridized carbons (Fsp3) is 0.364. The summed E-state index contributed by atoms with van der Waals surface area (Å²) in [6, 6.07) is 9.83. The molecule has 1 saturated heterocycles. The number of carbonyl (C=O) groups is 1. The maximum Gasteiger partial charge on any atom is 0.404 e. The summed E-state index contributed by atoms with van der Waals surface area (Å²) in [5.41, 5.74) is 1.12. The minimum Gasteiger partial charge on any atom is -0.465 e. The van der Waals surface area contributed by atoms with Gasteiger partial charge in [0.25, 0.3) is 0 Å². The maximum absolute atomic E-state index is 10.4. The number of carboxylic acid groups (broad SMARTS) is 1. The quantitative estimate of drug-likeness (QED) is 0.734. The molecule has 2 rings (SSSR count). The summed E-state index contributed by atoms with van der Waals surface area (Å²) in [7, 11) is 0. The van der Waals surface area contributed by atoms with E-state index in [0.717, 1.165) is 12.2 Å². The maximum atomic E-state index is 10.4. The third-order valence-electron chi connectivity index (χ3n) is 2.51. The van der Waals surface area contributed by atoms with Crippen molar-refractivity contribution in [3.8, 4) is 0 Å². The van der Waals surface area contributed by atoms with E-state index in [1.807, 2.05) is 30.3 Å². The molecule has 1 aromatic carbocycles. The van der Waals surface area contributed by atoms with E-state index in [0.29, 0.717) is 6.54 Å². The number of hydrogen-bond donors (Lipinski definition) is 2. The summed E-state index contributed by atoms with van der Waals surface area (Å²) in [5, 5.41) is 11.0. The minimum absolute atomic E-state index is 0.127. The van der Waals surface area contributed by atoms with E-state index >= 15 is 0 Å². The first kappa shape index (κ1) is 9.98. The molecule has 2 N–H and O–H groups in total.